The zero-order valence-corrected chi connectivity index (χ0v) is 20.9. The number of rotatable bonds is 6. The Balaban J connectivity index is 1.88. The van der Waals surface area contributed by atoms with Crippen LogP contribution < -0.4 is 5.73 Å². The number of benzene rings is 1. The number of phenolic OH excluding ortho intramolecular Hbond substituents is 1. The zero-order valence-electron chi connectivity index (χ0n) is 20.9. The predicted molar refractivity (Wildman–Crippen MR) is 131 cm³/mol. The first kappa shape index (κ1) is 25.9. The van der Waals surface area contributed by atoms with E-state index < -0.39 is 58.0 Å². The Bertz CT molecular complexity index is 1220. The highest BCUT2D eigenvalue weighted by molar-refractivity contribution is 6.24. The van der Waals surface area contributed by atoms with Crippen LogP contribution in [0.2, 0.25) is 0 Å². The number of hydrogen-bond acceptors (Lipinski definition) is 9. The Morgan fingerprint density at radius 1 is 1.14 bits per heavy atom. The molecule has 194 valence electrons. The summed E-state index contributed by atoms with van der Waals surface area (Å²) in [5, 5.41) is 44.3. The van der Waals surface area contributed by atoms with E-state index in [1.54, 1.807) is 14.1 Å². The maximum absolute atomic E-state index is 13.8. The third-order valence-corrected chi connectivity index (χ3v) is 7.75. The van der Waals surface area contributed by atoms with Gasteiger partial charge in [0.1, 0.15) is 22.8 Å². The highest BCUT2D eigenvalue weighted by atomic mass is 16.3. The minimum atomic E-state index is -2.62. The van der Waals surface area contributed by atoms with Crippen molar-refractivity contribution in [3.05, 3.63) is 45.7 Å². The molecule has 4 rings (SSSR count). The fourth-order valence-corrected chi connectivity index (χ4v) is 6.13. The van der Waals surface area contributed by atoms with Gasteiger partial charge in [0.15, 0.2) is 11.4 Å². The van der Waals surface area contributed by atoms with Crippen molar-refractivity contribution < 1.29 is 34.8 Å². The van der Waals surface area contributed by atoms with Gasteiger partial charge < -0.3 is 31.1 Å². The van der Waals surface area contributed by atoms with Crippen molar-refractivity contribution >= 4 is 23.2 Å². The van der Waals surface area contributed by atoms with Gasteiger partial charge in [0.05, 0.1) is 11.6 Å². The Kier molecular flexibility index (Phi) is 6.48. The third kappa shape index (κ3) is 3.71. The molecular weight excluding hydrogens is 466 g/mol. The number of aliphatic hydroxyl groups is 3. The van der Waals surface area contributed by atoms with Crippen LogP contribution in [0, 0.1) is 11.8 Å². The molecule has 0 heterocycles. The summed E-state index contributed by atoms with van der Waals surface area (Å²) in [6.45, 7) is 0.847. The molecule has 1 saturated carbocycles. The number of aryl methyl sites for hydroxylation is 1. The number of likely N-dealkylation sites (N-methyl/N-ethyl adjacent to an activating group) is 1. The number of ketones is 2. The fraction of sp³-hybridized carbons (Fsp3) is 0.500. The van der Waals surface area contributed by atoms with Crippen molar-refractivity contribution in [1.29, 1.82) is 0 Å². The molecule has 0 aromatic heterocycles. The highest BCUT2D eigenvalue weighted by Gasteiger charge is 2.64. The first-order chi connectivity index (χ1) is 16.8. The molecular formula is C26H33N3O7. The van der Waals surface area contributed by atoms with Crippen molar-refractivity contribution in [3.63, 3.8) is 0 Å². The van der Waals surface area contributed by atoms with Crippen LogP contribution in [0.1, 0.15) is 29.5 Å². The number of fused-ring (bicyclic) bond motifs is 3. The van der Waals surface area contributed by atoms with E-state index in [0.717, 1.165) is 24.1 Å². The molecule has 10 nitrogen and oxygen atoms in total. The Hall–Kier alpha value is -3.21. The lowest BCUT2D eigenvalue weighted by Crippen LogP contribution is -2.65. The predicted octanol–water partition coefficient (Wildman–Crippen LogP) is 0.458. The molecule has 1 aromatic rings. The molecule has 1 amide bonds. The number of nitrogens with two attached hydrogens (primary N) is 1. The van der Waals surface area contributed by atoms with Crippen molar-refractivity contribution in [3.8, 4) is 5.75 Å². The maximum atomic E-state index is 13.8. The minimum Gasteiger partial charge on any atom is -0.508 e. The van der Waals surface area contributed by atoms with Gasteiger partial charge >= 0.3 is 0 Å². The van der Waals surface area contributed by atoms with Gasteiger partial charge in [-0.1, -0.05) is 6.07 Å². The molecule has 0 bridgehead atoms. The van der Waals surface area contributed by atoms with E-state index in [1.807, 2.05) is 20.2 Å². The van der Waals surface area contributed by atoms with E-state index >= 15 is 0 Å². The van der Waals surface area contributed by atoms with Crippen LogP contribution in [0.25, 0.3) is 5.76 Å². The molecule has 0 spiro atoms. The van der Waals surface area contributed by atoms with E-state index in [2.05, 4.69) is 4.90 Å². The van der Waals surface area contributed by atoms with Crippen molar-refractivity contribution in [2.45, 2.75) is 37.3 Å². The Labute approximate surface area is 209 Å². The molecule has 4 atom stereocenters. The number of nitrogens with zero attached hydrogens (tertiary/aromatic N) is 2. The molecule has 0 unspecified atom stereocenters. The summed E-state index contributed by atoms with van der Waals surface area (Å²) in [6, 6.07) is 2.19. The van der Waals surface area contributed by atoms with Crippen LogP contribution in [-0.2, 0) is 27.2 Å². The summed E-state index contributed by atoms with van der Waals surface area (Å²) in [4.78, 5) is 42.5. The summed E-state index contributed by atoms with van der Waals surface area (Å²) < 4.78 is 0. The number of phenols is 1. The van der Waals surface area contributed by atoms with E-state index in [1.165, 1.54) is 11.0 Å². The highest BCUT2D eigenvalue weighted by Crippen LogP contribution is 2.52. The average Bonchev–Trinajstić information content (AvgIpc) is 2.77. The third-order valence-electron chi connectivity index (χ3n) is 7.75. The van der Waals surface area contributed by atoms with Gasteiger partial charge in [-0.25, -0.2) is 0 Å². The molecule has 0 aliphatic heterocycles. The molecule has 0 radical (unpaired) electrons. The number of carbonyl (C=O) groups excluding carboxylic acids is 3. The van der Waals surface area contributed by atoms with Crippen LogP contribution in [0.3, 0.4) is 0 Å². The number of aliphatic hydroxyl groups excluding tert-OH is 2. The fourth-order valence-electron chi connectivity index (χ4n) is 6.13. The van der Waals surface area contributed by atoms with Gasteiger partial charge in [0.25, 0.3) is 5.91 Å². The molecule has 0 saturated heterocycles. The molecule has 36 heavy (non-hydrogen) atoms. The summed E-state index contributed by atoms with van der Waals surface area (Å²) in [6.07, 6.45) is 1.93. The molecule has 6 N–H and O–H groups in total. The quantitative estimate of drug-likeness (QED) is 0.350. The van der Waals surface area contributed by atoms with E-state index in [0.29, 0.717) is 12.8 Å². The normalized spacial score (nSPS) is 27.9. The first-order valence-electron chi connectivity index (χ1n) is 12.0. The lowest BCUT2D eigenvalue weighted by Gasteiger charge is -2.50. The summed E-state index contributed by atoms with van der Waals surface area (Å²) in [5.41, 5.74) is 3.55. The smallest absolute Gasteiger partial charge is 0.255 e. The maximum Gasteiger partial charge on any atom is 0.255 e. The molecule has 3 aliphatic rings. The van der Waals surface area contributed by atoms with E-state index in [-0.39, 0.29) is 23.3 Å². The van der Waals surface area contributed by atoms with E-state index in [9.17, 15) is 34.8 Å². The first-order valence-corrected chi connectivity index (χ1v) is 12.0. The van der Waals surface area contributed by atoms with Gasteiger partial charge in [0, 0.05) is 11.5 Å². The average molecular weight is 500 g/mol. The standard InChI is InChI=1S/C26H33N3O7/c1-28(2)9-5-6-12-7-8-16(30)18-14(12)10-13-11-15-20(29(3)4)22(32)19(25(27)35)24(34)26(15,36)23(33)17(13)21(18)31/h7-8,13,15,20,30-31,34,36H,5-6,9-11H2,1-4H3,(H2,27,35)/t13-,15-,20+,26-/m1/s1. The SMILES string of the molecule is CN(C)CCCc1ccc(O)c2c1C[C@@H]1C[C@@H]3[C@H](N(C)C)C(=O)C(C(N)=O)=C(O)[C@]3(O)C(=O)C1=C2O. The molecule has 1 aromatic carbocycles. The van der Waals surface area contributed by atoms with E-state index in [4.69, 9.17) is 5.73 Å². The van der Waals surface area contributed by atoms with Crippen molar-refractivity contribution in [2.24, 2.45) is 17.6 Å². The van der Waals surface area contributed by atoms with Crippen molar-refractivity contribution in [1.82, 2.24) is 9.80 Å². The number of Topliss-reactive ketones (excluding diaryl/α,β-unsaturated/α-hetero) is 2. The van der Waals surface area contributed by atoms with Crippen LogP contribution in [0.4, 0.5) is 0 Å². The van der Waals surface area contributed by atoms with Gasteiger partial charge in [0.2, 0.25) is 5.78 Å². The summed E-state index contributed by atoms with van der Waals surface area (Å²) in [7, 11) is 7.10. The van der Waals surface area contributed by atoms with Gasteiger partial charge in [-0.15, -0.1) is 0 Å². The molecule has 10 heteroatoms. The second-order valence-corrected chi connectivity index (χ2v) is 10.5. The molecule has 3 aliphatic carbocycles. The zero-order chi connectivity index (χ0) is 26.7. The van der Waals surface area contributed by atoms with Gasteiger partial charge in [-0.2, -0.15) is 0 Å². The minimum absolute atomic E-state index is 0.0819. The van der Waals surface area contributed by atoms with Crippen molar-refractivity contribution in [2.75, 3.05) is 34.7 Å². The Morgan fingerprint density at radius 3 is 2.39 bits per heavy atom. The Morgan fingerprint density at radius 2 is 1.81 bits per heavy atom. The molecule has 1 fully saturated rings. The number of amides is 1. The summed E-state index contributed by atoms with van der Waals surface area (Å²) in [5.74, 6) is -6.40. The van der Waals surface area contributed by atoms with Gasteiger partial charge in [-0.05, 0) is 83.5 Å². The lowest BCUT2D eigenvalue weighted by atomic mass is 9.57. The monoisotopic (exact) mass is 499 g/mol. The van der Waals surface area contributed by atoms with Crippen LogP contribution in [-0.4, -0.2) is 94.1 Å². The second-order valence-electron chi connectivity index (χ2n) is 10.5. The van der Waals surface area contributed by atoms with Crippen LogP contribution in [0.5, 0.6) is 5.75 Å². The number of carbonyl (C=O) groups is 3. The number of primary amides is 1. The number of aromatic hydroxyl groups is 1. The topological polar surface area (TPSA) is 165 Å². The lowest BCUT2D eigenvalue weighted by molar-refractivity contribution is -0.153. The largest absolute Gasteiger partial charge is 0.508 e. The summed E-state index contributed by atoms with van der Waals surface area (Å²) >= 11 is 0. The second kappa shape index (κ2) is 9.02. The van der Waals surface area contributed by atoms with Crippen LogP contribution in [0.15, 0.2) is 29.0 Å². The number of hydrogen-bond donors (Lipinski definition) is 5. The van der Waals surface area contributed by atoms with Crippen LogP contribution >= 0.6 is 0 Å². The van der Waals surface area contributed by atoms with Gasteiger partial charge in [-0.3, -0.25) is 19.3 Å².